The molecule has 0 aliphatic carbocycles. The Hall–Kier alpha value is -1.27. The zero-order valence-electron chi connectivity index (χ0n) is 13.7. The molecule has 0 radical (unpaired) electrons. The Morgan fingerprint density at radius 2 is 2.09 bits per heavy atom. The third-order valence-electron chi connectivity index (χ3n) is 4.01. The number of anilines is 1. The number of urea groups is 1. The summed E-state index contributed by atoms with van der Waals surface area (Å²) in [5, 5.41) is 3.38. The van der Waals surface area contributed by atoms with Gasteiger partial charge in [-0.15, -0.1) is 0 Å². The van der Waals surface area contributed by atoms with Crippen LogP contribution in [0.3, 0.4) is 0 Å². The van der Waals surface area contributed by atoms with Gasteiger partial charge >= 0.3 is 6.03 Å². The van der Waals surface area contributed by atoms with Crippen molar-refractivity contribution in [2.75, 3.05) is 30.4 Å². The van der Waals surface area contributed by atoms with Crippen molar-refractivity contribution in [2.45, 2.75) is 26.7 Å². The lowest BCUT2D eigenvalue weighted by Gasteiger charge is -2.32. The Labute approximate surface area is 142 Å². The summed E-state index contributed by atoms with van der Waals surface area (Å²) in [7, 11) is -3.03. The van der Waals surface area contributed by atoms with Crippen LogP contribution in [0.15, 0.2) is 12.1 Å². The van der Waals surface area contributed by atoms with E-state index in [1.54, 1.807) is 4.90 Å². The normalized spacial score (nSPS) is 18.8. The van der Waals surface area contributed by atoms with Crippen LogP contribution in [0, 0.1) is 19.8 Å². The summed E-state index contributed by atoms with van der Waals surface area (Å²) in [6.07, 6.45) is 2.89. The third-order valence-corrected chi connectivity index (χ3v) is 5.38. The number of nitrogens with zero attached hydrogens (tertiary/aromatic N) is 1. The summed E-state index contributed by atoms with van der Waals surface area (Å²) in [4.78, 5) is 14.2. The van der Waals surface area contributed by atoms with Crippen molar-refractivity contribution in [3.63, 3.8) is 0 Å². The smallest absolute Gasteiger partial charge is 0.321 e. The van der Waals surface area contributed by atoms with E-state index in [9.17, 15) is 13.2 Å². The van der Waals surface area contributed by atoms with E-state index >= 15 is 0 Å². The van der Waals surface area contributed by atoms with Crippen molar-refractivity contribution < 1.29 is 13.2 Å². The van der Waals surface area contributed by atoms with Gasteiger partial charge in [-0.05, 0) is 49.8 Å². The van der Waals surface area contributed by atoms with Gasteiger partial charge in [0, 0.05) is 19.3 Å². The number of hydrogen-bond donors (Lipinski definition) is 1. The summed E-state index contributed by atoms with van der Waals surface area (Å²) < 4.78 is 22.9. The van der Waals surface area contributed by atoms with Crippen LogP contribution in [-0.4, -0.2) is 44.4 Å². The first-order valence-electron chi connectivity index (χ1n) is 7.66. The Bertz CT molecular complexity index is 680. The van der Waals surface area contributed by atoms with Crippen LogP contribution in [0.4, 0.5) is 10.5 Å². The quantitative estimate of drug-likeness (QED) is 0.901. The Morgan fingerprint density at radius 1 is 1.39 bits per heavy atom. The lowest BCUT2D eigenvalue weighted by Crippen LogP contribution is -2.44. The fraction of sp³-hybridized carbons (Fsp3) is 0.562. The van der Waals surface area contributed by atoms with Gasteiger partial charge in [0.15, 0.2) is 0 Å². The van der Waals surface area contributed by atoms with E-state index in [1.807, 2.05) is 26.0 Å². The maximum absolute atomic E-state index is 12.5. The van der Waals surface area contributed by atoms with Gasteiger partial charge in [-0.3, -0.25) is 0 Å². The topological polar surface area (TPSA) is 66.5 Å². The van der Waals surface area contributed by atoms with Crippen LogP contribution < -0.4 is 5.32 Å². The molecule has 23 heavy (non-hydrogen) atoms. The van der Waals surface area contributed by atoms with Crippen LogP contribution in [0.1, 0.15) is 24.0 Å². The van der Waals surface area contributed by atoms with Crippen LogP contribution in [0.2, 0.25) is 5.02 Å². The monoisotopic (exact) mass is 358 g/mol. The number of carbonyl (C=O) groups is 1. The van der Waals surface area contributed by atoms with Gasteiger partial charge in [-0.25, -0.2) is 13.2 Å². The Kier molecular flexibility index (Phi) is 5.57. The summed E-state index contributed by atoms with van der Waals surface area (Å²) in [5.41, 5.74) is 2.57. The maximum atomic E-state index is 12.5. The standard InChI is InChI=1S/C16H23ClN2O3S/c1-11-7-12(2)15(14(17)8-11)18-16(20)19-6-4-5-13(9-19)10-23(3,21)22/h7-8,13H,4-6,9-10H2,1-3H3,(H,18,20). The molecule has 1 aliphatic heterocycles. The summed E-state index contributed by atoms with van der Waals surface area (Å²) >= 11 is 6.22. The predicted octanol–water partition coefficient (Wildman–Crippen LogP) is 3.25. The number of benzene rings is 1. The number of likely N-dealkylation sites (tertiary alicyclic amines) is 1. The second-order valence-electron chi connectivity index (χ2n) is 6.42. The minimum Gasteiger partial charge on any atom is -0.324 e. The molecule has 1 aromatic rings. The number of piperidine rings is 1. The number of amides is 2. The molecule has 1 N–H and O–H groups in total. The summed E-state index contributed by atoms with van der Waals surface area (Å²) in [5.74, 6) is 0.125. The van der Waals surface area contributed by atoms with E-state index < -0.39 is 9.84 Å². The van der Waals surface area contributed by atoms with Crippen LogP contribution in [0.25, 0.3) is 0 Å². The molecule has 1 fully saturated rings. The molecule has 1 saturated heterocycles. The molecule has 0 saturated carbocycles. The highest BCUT2D eigenvalue weighted by molar-refractivity contribution is 7.90. The van der Waals surface area contributed by atoms with E-state index in [0.29, 0.717) is 23.8 Å². The number of nitrogens with one attached hydrogen (secondary N) is 1. The highest BCUT2D eigenvalue weighted by Gasteiger charge is 2.26. The van der Waals surface area contributed by atoms with Crippen LogP contribution >= 0.6 is 11.6 Å². The second kappa shape index (κ2) is 7.09. The molecular weight excluding hydrogens is 336 g/mol. The van der Waals surface area contributed by atoms with Crippen LogP contribution in [0.5, 0.6) is 0 Å². The molecule has 0 aromatic heterocycles. The highest BCUT2D eigenvalue weighted by atomic mass is 35.5. The van der Waals surface area contributed by atoms with Crippen molar-refractivity contribution in [1.29, 1.82) is 0 Å². The number of halogens is 1. The number of carbonyl (C=O) groups excluding carboxylic acids is 1. The van der Waals surface area contributed by atoms with E-state index in [4.69, 9.17) is 11.6 Å². The van der Waals surface area contributed by atoms with Crippen molar-refractivity contribution in [3.05, 3.63) is 28.3 Å². The van der Waals surface area contributed by atoms with Gasteiger partial charge in [0.2, 0.25) is 0 Å². The maximum Gasteiger partial charge on any atom is 0.321 e. The lowest BCUT2D eigenvalue weighted by molar-refractivity contribution is 0.183. The minimum absolute atomic E-state index is 0.000846. The first-order chi connectivity index (χ1) is 10.7. The number of sulfone groups is 1. The van der Waals surface area contributed by atoms with Crippen molar-refractivity contribution in [2.24, 2.45) is 5.92 Å². The average molecular weight is 359 g/mol. The van der Waals surface area contributed by atoms with Crippen molar-refractivity contribution in [1.82, 2.24) is 4.90 Å². The zero-order valence-corrected chi connectivity index (χ0v) is 15.3. The lowest BCUT2D eigenvalue weighted by atomic mass is 10.0. The SMILES string of the molecule is Cc1cc(C)c(NC(=O)N2CCCC(CS(C)(=O)=O)C2)c(Cl)c1. The molecule has 0 spiro atoms. The van der Waals surface area contributed by atoms with Crippen LogP contribution in [-0.2, 0) is 9.84 Å². The van der Waals surface area contributed by atoms with Gasteiger partial charge in [0.1, 0.15) is 9.84 Å². The number of rotatable bonds is 3. The minimum atomic E-state index is -3.03. The first-order valence-corrected chi connectivity index (χ1v) is 10.1. The molecule has 1 atom stereocenters. The van der Waals surface area contributed by atoms with E-state index in [2.05, 4.69) is 5.32 Å². The number of aryl methyl sites for hydroxylation is 2. The number of hydrogen-bond acceptors (Lipinski definition) is 3. The molecule has 7 heteroatoms. The Balaban J connectivity index is 2.06. The average Bonchev–Trinajstić information content (AvgIpc) is 2.41. The molecule has 1 unspecified atom stereocenters. The van der Waals surface area contributed by atoms with Crippen molar-refractivity contribution >= 4 is 33.2 Å². The van der Waals surface area contributed by atoms with Gasteiger partial charge in [0.25, 0.3) is 0 Å². The fourth-order valence-corrected chi connectivity index (χ4v) is 4.57. The summed E-state index contributed by atoms with van der Waals surface area (Å²) in [6, 6.07) is 3.55. The third kappa shape index (κ3) is 5.11. The molecule has 2 rings (SSSR count). The fourth-order valence-electron chi connectivity index (χ4n) is 3.07. The van der Waals surface area contributed by atoms with E-state index in [1.165, 1.54) is 6.26 Å². The van der Waals surface area contributed by atoms with Gasteiger partial charge in [0.05, 0.1) is 16.5 Å². The van der Waals surface area contributed by atoms with E-state index in [-0.39, 0.29) is 17.7 Å². The summed E-state index contributed by atoms with van der Waals surface area (Å²) in [6.45, 7) is 4.94. The molecule has 2 amide bonds. The highest BCUT2D eigenvalue weighted by Crippen LogP contribution is 2.28. The molecule has 1 aromatic carbocycles. The van der Waals surface area contributed by atoms with Gasteiger partial charge < -0.3 is 10.2 Å². The molecule has 128 valence electrons. The molecule has 1 heterocycles. The molecule has 5 nitrogen and oxygen atoms in total. The first kappa shape index (κ1) is 18.1. The largest absolute Gasteiger partial charge is 0.324 e. The second-order valence-corrected chi connectivity index (χ2v) is 9.01. The predicted molar refractivity (Wildman–Crippen MR) is 94.0 cm³/mol. The molecular formula is C16H23ClN2O3S. The van der Waals surface area contributed by atoms with Gasteiger partial charge in [-0.1, -0.05) is 17.7 Å². The Morgan fingerprint density at radius 3 is 2.70 bits per heavy atom. The van der Waals surface area contributed by atoms with Gasteiger partial charge in [-0.2, -0.15) is 0 Å². The molecule has 0 bridgehead atoms. The van der Waals surface area contributed by atoms with Crippen molar-refractivity contribution in [3.8, 4) is 0 Å². The zero-order chi connectivity index (χ0) is 17.2. The van der Waals surface area contributed by atoms with E-state index in [0.717, 1.165) is 24.0 Å². The molecule has 1 aliphatic rings.